The molecule has 0 saturated carbocycles. The Morgan fingerprint density at radius 2 is 1.95 bits per heavy atom. The van der Waals surface area contributed by atoms with Crippen LogP contribution in [-0.4, -0.2) is 22.5 Å². The van der Waals surface area contributed by atoms with Crippen molar-refractivity contribution in [3.8, 4) is 17.0 Å². The molecule has 0 amide bonds. The molecular weight excluding hydrogens is 264 g/mol. The summed E-state index contributed by atoms with van der Waals surface area (Å²) in [4.78, 5) is 11.5. The van der Waals surface area contributed by atoms with E-state index >= 15 is 0 Å². The number of fused-ring (bicyclic) bond motifs is 3. The van der Waals surface area contributed by atoms with Crippen molar-refractivity contribution in [2.45, 2.75) is 0 Å². The minimum atomic E-state index is 0.0165. The van der Waals surface area contributed by atoms with Crippen LogP contribution in [0.1, 0.15) is 5.56 Å². The van der Waals surface area contributed by atoms with Crippen LogP contribution in [0.5, 0.6) is 5.75 Å². The van der Waals surface area contributed by atoms with Gasteiger partial charge in [-0.3, -0.25) is 4.79 Å². The van der Waals surface area contributed by atoms with Crippen LogP contribution in [0.4, 0.5) is 0 Å². The zero-order chi connectivity index (χ0) is 14.4. The van der Waals surface area contributed by atoms with Crippen LogP contribution in [-0.2, 0) is 4.79 Å². The number of aromatic nitrogens is 2. The summed E-state index contributed by atoms with van der Waals surface area (Å²) in [5.74, 6) is 0.834. The first kappa shape index (κ1) is 11.9. The Morgan fingerprint density at radius 1 is 1.14 bits per heavy atom. The average Bonchev–Trinajstić information content (AvgIpc) is 3.05. The molecule has 2 aromatic heterocycles. The van der Waals surface area contributed by atoms with Crippen LogP contribution in [0, 0.1) is 0 Å². The highest BCUT2D eigenvalue weighted by Gasteiger charge is 2.12. The van der Waals surface area contributed by atoms with Crippen molar-refractivity contribution in [2.75, 3.05) is 7.11 Å². The number of hydrogen-bond donors (Lipinski definition) is 0. The molecule has 1 aliphatic rings. The zero-order valence-corrected chi connectivity index (χ0v) is 11.4. The van der Waals surface area contributed by atoms with E-state index in [4.69, 9.17) is 4.74 Å². The Hall–Kier alpha value is -2.88. The molecule has 0 saturated heterocycles. The molecule has 0 unspecified atom stereocenters. The Morgan fingerprint density at radius 3 is 2.71 bits per heavy atom. The number of carbonyl (C=O) groups excluding carboxylic acids is 1. The summed E-state index contributed by atoms with van der Waals surface area (Å²) >= 11 is 0. The molecular formula is C17H12N2O2. The van der Waals surface area contributed by atoms with Gasteiger partial charge in [-0.1, -0.05) is 0 Å². The fourth-order valence-electron chi connectivity index (χ4n) is 2.60. The number of benzene rings is 1. The molecule has 0 fully saturated rings. The van der Waals surface area contributed by atoms with Crippen molar-refractivity contribution >= 4 is 23.5 Å². The number of methoxy groups -OCH3 is 1. The number of allylic oxidation sites excluding steroid dienone is 1. The van der Waals surface area contributed by atoms with Crippen LogP contribution in [0.2, 0.25) is 0 Å². The van der Waals surface area contributed by atoms with Crippen molar-refractivity contribution in [1.82, 2.24) is 9.61 Å². The summed E-state index contributed by atoms with van der Waals surface area (Å²) in [6.45, 7) is 0. The van der Waals surface area contributed by atoms with Crippen LogP contribution >= 0.6 is 0 Å². The van der Waals surface area contributed by atoms with Crippen LogP contribution in [0.25, 0.3) is 28.9 Å². The smallest absolute Gasteiger partial charge is 0.179 e. The van der Waals surface area contributed by atoms with E-state index in [2.05, 4.69) is 5.10 Å². The molecule has 0 spiro atoms. The summed E-state index contributed by atoms with van der Waals surface area (Å²) in [5, 5.41) is 5.52. The summed E-state index contributed by atoms with van der Waals surface area (Å²) in [5.41, 5.74) is 3.88. The van der Waals surface area contributed by atoms with Gasteiger partial charge in [0.1, 0.15) is 5.75 Å². The topological polar surface area (TPSA) is 43.6 Å². The largest absolute Gasteiger partial charge is 0.497 e. The van der Waals surface area contributed by atoms with E-state index in [0.717, 1.165) is 33.3 Å². The van der Waals surface area contributed by atoms with Gasteiger partial charge in [-0.25, -0.2) is 4.52 Å². The van der Waals surface area contributed by atoms with Crippen LogP contribution in [0.15, 0.2) is 42.6 Å². The molecule has 4 nitrogen and oxygen atoms in total. The summed E-state index contributed by atoms with van der Waals surface area (Å²) in [6, 6.07) is 9.77. The van der Waals surface area contributed by atoms with E-state index in [0.29, 0.717) is 0 Å². The molecule has 21 heavy (non-hydrogen) atoms. The lowest BCUT2D eigenvalue weighted by atomic mass is 10.1. The highest BCUT2D eigenvalue weighted by Crippen LogP contribution is 2.22. The lowest BCUT2D eigenvalue weighted by molar-refractivity contribution is -0.109. The number of hydrogen-bond acceptors (Lipinski definition) is 3. The number of carbonyl (C=O) groups is 1. The number of nitrogens with zero attached hydrogens (tertiary/aromatic N) is 2. The molecule has 0 N–H and O–H groups in total. The van der Waals surface area contributed by atoms with Crippen molar-refractivity contribution < 1.29 is 9.53 Å². The van der Waals surface area contributed by atoms with E-state index in [1.807, 2.05) is 47.1 Å². The van der Waals surface area contributed by atoms with Gasteiger partial charge in [0.25, 0.3) is 0 Å². The lowest BCUT2D eigenvalue weighted by Crippen LogP contribution is -2.08. The Kier molecular flexibility index (Phi) is 2.44. The molecule has 0 bridgehead atoms. The van der Waals surface area contributed by atoms with E-state index in [1.165, 1.54) is 0 Å². The Bertz CT molecular complexity index is 933. The molecule has 0 aliphatic heterocycles. The third-order valence-corrected chi connectivity index (χ3v) is 3.68. The van der Waals surface area contributed by atoms with Gasteiger partial charge < -0.3 is 4.74 Å². The Labute approximate surface area is 120 Å². The van der Waals surface area contributed by atoms with Gasteiger partial charge >= 0.3 is 0 Å². The van der Waals surface area contributed by atoms with Gasteiger partial charge in [0.15, 0.2) is 5.78 Å². The first-order valence-corrected chi connectivity index (χ1v) is 6.65. The molecule has 1 aliphatic carbocycles. The van der Waals surface area contributed by atoms with Gasteiger partial charge in [-0.2, -0.15) is 5.10 Å². The second-order valence-electron chi connectivity index (χ2n) is 4.97. The van der Waals surface area contributed by atoms with Crippen molar-refractivity contribution in [3.63, 3.8) is 0 Å². The van der Waals surface area contributed by atoms with Gasteiger partial charge in [0.2, 0.25) is 0 Å². The van der Waals surface area contributed by atoms with E-state index in [-0.39, 0.29) is 5.78 Å². The first-order chi connectivity index (χ1) is 10.2. The lowest BCUT2D eigenvalue weighted by Gasteiger charge is -2.00. The van der Waals surface area contributed by atoms with Gasteiger partial charge in [-0.15, -0.1) is 0 Å². The minimum Gasteiger partial charge on any atom is -0.497 e. The molecule has 3 aromatic rings. The van der Waals surface area contributed by atoms with Crippen molar-refractivity contribution in [1.29, 1.82) is 0 Å². The molecule has 0 atom stereocenters. The third kappa shape index (κ3) is 1.84. The summed E-state index contributed by atoms with van der Waals surface area (Å²) < 4.78 is 6.98. The van der Waals surface area contributed by atoms with Crippen LogP contribution in [0.3, 0.4) is 0 Å². The Balaban J connectivity index is 1.86. The van der Waals surface area contributed by atoms with E-state index in [9.17, 15) is 4.79 Å². The quantitative estimate of drug-likeness (QED) is 0.720. The van der Waals surface area contributed by atoms with Gasteiger partial charge in [-0.05, 0) is 48.6 Å². The summed E-state index contributed by atoms with van der Waals surface area (Å²) in [7, 11) is 1.65. The highest BCUT2D eigenvalue weighted by molar-refractivity contribution is 6.17. The predicted octanol–water partition coefficient (Wildman–Crippen LogP) is 2.11. The maximum Gasteiger partial charge on any atom is 0.179 e. The van der Waals surface area contributed by atoms with Gasteiger partial charge in [0.05, 0.1) is 18.3 Å². The fraction of sp³-hybridized carbons (Fsp3) is 0.0588. The molecule has 4 rings (SSSR count). The normalized spacial score (nSPS) is 13.3. The highest BCUT2D eigenvalue weighted by atomic mass is 16.5. The second kappa shape index (κ2) is 4.31. The maximum atomic E-state index is 11.5. The molecule has 4 heteroatoms. The van der Waals surface area contributed by atoms with E-state index < -0.39 is 0 Å². The third-order valence-electron chi connectivity index (χ3n) is 3.68. The molecule has 1 aromatic carbocycles. The number of rotatable bonds is 2. The summed E-state index contributed by atoms with van der Waals surface area (Å²) in [6.07, 6.45) is 7.01. The number of ether oxygens (including phenoxy) is 1. The van der Waals surface area contributed by atoms with Crippen LogP contribution < -0.4 is 9.96 Å². The zero-order valence-electron chi connectivity index (χ0n) is 11.4. The minimum absolute atomic E-state index is 0.0165. The maximum absolute atomic E-state index is 11.5. The average molecular weight is 276 g/mol. The SMILES string of the molecule is COc1ccc(-c2cc3c4c(cn3n2)C=CC(=O)C=4)cc1. The van der Waals surface area contributed by atoms with Crippen molar-refractivity contribution in [3.05, 3.63) is 53.4 Å². The molecule has 102 valence electrons. The predicted molar refractivity (Wildman–Crippen MR) is 80.9 cm³/mol. The van der Waals surface area contributed by atoms with E-state index in [1.54, 1.807) is 19.3 Å². The first-order valence-electron chi connectivity index (χ1n) is 6.65. The van der Waals surface area contributed by atoms with Gasteiger partial charge in [0, 0.05) is 22.5 Å². The molecule has 2 heterocycles. The standard InChI is InChI=1S/C17H12N2O2/c1-21-14-6-3-11(4-7-14)16-9-17-15-8-13(20)5-2-12(15)10-19(17)18-16/h2-10H,1H3. The monoisotopic (exact) mass is 276 g/mol. The van der Waals surface area contributed by atoms with Crippen molar-refractivity contribution in [2.24, 2.45) is 0 Å². The second-order valence-corrected chi connectivity index (χ2v) is 4.97. The number of ketones is 1. The fourth-order valence-corrected chi connectivity index (χ4v) is 2.60. The molecule has 0 radical (unpaired) electrons.